The molecule has 0 spiro atoms. The van der Waals surface area contributed by atoms with E-state index in [2.05, 4.69) is 12.1 Å². The Morgan fingerprint density at radius 2 is 1.65 bits per heavy atom. The van der Waals surface area contributed by atoms with E-state index in [0.717, 1.165) is 16.2 Å². The van der Waals surface area contributed by atoms with Gasteiger partial charge < -0.3 is 4.74 Å². The summed E-state index contributed by atoms with van der Waals surface area (Å²) in [4.78, 5) is 12.4. The molecule has 2 aromatic carbocycles. The van der Waals surface area contributed by atoms with Gasteiger partial charge in [-0.2, -0.15) is 0 Å². The number of methoxy groups -OCH3 is 1. The van der Waals surface area contributed by atoms with Crippen molar-refractivity contribution in [3.05, 3.63) is 77.9 Å². The van der Waals surface area contributed by atoms with Crippen LogP contribution in [0, 0.1) is 0 Å². The van der Waals surface area contributed by atoms with Gasteiger partial charge in [0.15, 0.2) is 0 Å². The standard InChI is InChI=1S/C17H16O2S/c1-19-17(18)12-16(15-10-6-3-7-11-15)20-13-14-8-4-2-5-9-14/h2-12H,13H2,1H3/b16-12+. The third kappa shape index (κ3) is 4.28. The predicted octanol–water partition coefficient (Wildman–Crippen LogP) is 4.13. The fraction of sp³-hybridized carbons (Fsp3) is 0.118. The number of ether oxygens (including phenoxy) is 1. The fourth-order valence-electron chi connectivity index (χ4n) is 1.71. The number of thioether (sulfide) groups is 1. The van der Waals surface area contributed by atoms with Crippen LogP contribution in [0.4, 0.5) is 0 Å². The highest BCUT2D eigenvalue weighted by molar-refractivity contribution is 8.07. The van der Waals surface area contributed by atoms with Crippen molar-refractivity contribution in [2.24, 2.45) is 0 Å². The van der Waals surface area contributed by atoms with Gasteiger partial charge in [-0.1, -0.05) is 60.7 Å². The first-order chi connectivity index (χ1) is 9.79. The Morgan fingerprint density at radius 3 is 2.25 bits per heavy atom. The number of carbonyl (C=O) groups is 1. The van der Waals surface area contributed by atoms with Gasteiger partial charge in [-0.05, 0) is 11.1 Å². The van der Waals surface area contributed by atoms with E-state index in [1.54, 1.807) is 17.8 Å². The van der Waals surface area contributed by atoms with E-state index < -0.39 is 0 Å². The molecule has 0 aliphatic carbocycles. The Morgan fingerprint density at radius 1 is 1.05 bits per heavy atom. The van der Waals surface area contributed by atoms with Crippen molar-refractivity contribution in [1.29, 1.82) is 0 Å². The van der Waals surface area contributed by atoms with Crippen LogP contribution < -0.4 is 0 Å². The Balaban J connectivity index is 2.16. The molecule has 20 heavy (non-hydrogen) atoms. The van der Waals surface area contributed by atoms with Gasteiger partial charge in [0.25, 0.3) is 0 Å². The lowest BCUT2D eigenvalue weighted by atomic mass is 10.2. The number of benzene rings is 2. The first-order valence-electron chi connectivity index (χ1n) is 6.31. The third-order valence-corrected chi connectivity index (χ3v) is 3.89. The molecule has 0 heterocycles. The Kier molecular flexibility index (Phi) is 5.44. The molecule has 2 nitrogen and oxygen atoms in total. The molecule has 2 aromatic rings. The van der Waals surface area contributed by atoms with Gasteiger partial charge >= 0.3 is 5.97 Å². The fourth-order valence-corrected chi connectivity index (χ4v) is 2.71. The molecule has 0 aliphatic rings. The first-order valence-corrected chi connectivity index (χ1v) is 7.30. The van der Waals surface area contributed by atoms with Gasteiger partial charge in [-0.25, -0.2) is 4.79 Å². The molecular weight excluding hydrogens is 268 g/mol. The van der Waals surface area contributed by atoms with Crippen molar-refractivity contribution in [3.63, 3.8) is 0 Å². The number of carbonyl (C=O) groups excluding carboxylic acids is 1. The maximum absolute atomic E-state index is 11.5. The Hall–Kier alpha value is -2.00. The lowest BCUT2D eigenvalue weighted by Crippen LogP contribution is -1.96. The normalized spacial score (nSPS) is 11.2. The highest BCUT2D eigenvalue weighted by Crippen LogP contribution is 2.30. The molecule has 0 bridgehead atoms. The summed E-state index contributed by atoms with van der Waals surface area (Å²) in [6, 6.07) is 20.1. The summed E-state index contributed by atoms with van der Waals surface area (Å²) in [7, 11) is 1.39. The molecule has 0 radical (unpaired) electrons. The summed E-state index contributed by atoms with van der Waals surface area (Å²) >= 11 is 1.63. The molecule has 0 aliphatic heterocycles. The topological polar surface area (TPSA) is 26.3 Å². The van der Waals surface area contributed by atoms with Crippen LogP contribution in [0.25, 0.3) is 4.91 Å². The maximum atomic E-state index is 11.5. The molecule has 3 heteroatoms. The van der Waals surface area contributed by atoms with E-state index in [4.69, 9.17) is 4.74 Å². The van der Waals surface area contributed by atoms with Crippen molar-refractivity contribution in [2.75, 3.05) is 7.11 Å². The number of rotatable bonds is 5. The molecule has 0 saturated heterocycles. The van der Waals surface area contributed by atoms with E-state index >= 15 is 0 Å². The predicted molar refractivity (Wildman–Crippen MR) is 84.2 cm³/mol. The molecule has 2 rings (SSSR count). The van der Waals surface area contributed by atoms with Gasteiger partial charge in [0.1, 0.15) is 0 Å². The minimum Gasteiger partial charge on any atom is -0.466 e. The third-order valence-electron chi connectivity index (χ3n) is 2.75. The molecular formula is C17H16O2S. The lowest BCUT2D eigenvalue weighted by molar-refractivity contribution is -0.134. The van der Waals surface area contributed by atoms with Crippen molar-refractivity contribution >= 4 is 22.6 Å². The van der Waals surface area contributed by atoms with Crippen LogP contribution in [0.2, 0.25) is 0 Å². The number of esters is 1. The monoisotopic (exact) mass is 284 g/mol. The average molecular weight is 284 g/mol. The second kappa shape index (κ2) is 7.56. The van der Waals surface area contributed by atoms with Crippen LogP contribution in [0.5, 0.6) is 0 Å². The van der Waals surface area contributed by atoms with Gasteiger partial charge in [-0.15, -0.1) is 11.8 Å². The number of hydrogen-bond donors (Lipinski definition) is 0. The zero-order valence-electron chi connectivity index (χ0n) is 11.3. The van der Waals surface area contributed by atoms with Crippen LogP contribution in [0.15, 0.2) is 66.7 Å². The van der Waals surface area contributed by atoms with Crippen molar-refractivity contribution < 1.29 is 9.53 Å². The van der Waals surface area contributed by atoms with Crippen LogP contribution in [-0.4, -0.2) is 13.1 Å². The van der Waals surface area contributed by atoms with Gasteiger partial charge in [-0.3, -0.25) is 0 Å². The van der Waals surface area contributed by atoms with Gasteiger partial charge in [0, 0.05) is 16.7 Å². The molecule has 0 aromatic heterocycles. The van der Waals surface area contributed by atoms with Crippen molar-refractivity contribution in [1.82, 2.24) is 0 Å². The summed E-state index contributed by atoms with van der Waals surface area (Å²) in [6.45, 7) is 0. The summed E-state index contributed by atoms with van der Waals surface area (Å²) in [6.07, 6.45) is 1.54. The van der Waals surface area contributed by atoms with E-state index in [1.807, 2.05) is 48.5 Å². The van der Waals surface area contributed by atoms with Crippen LogP contribution in [0.3, 0.4) is 0 Å². The van der Waals surface area contributed by atoms with Crippen LogP contribution in [-0.2, 0) is 15.3 Å². The molecule has 0 saturated carbocycles. The van der Waals surface area contributed by atoms with Gasteiger partial charge in [0.05, 0.1) is 7.11 Å². The quantitative estimate of drug-likeness (QED) is 0.610. The van der Waals surface area contributed by atoms with Gasteiger partial charge in [0.2, 0.25) is 0 Å². The highest BCUT2D eigenvalue weighted by atomic mass is 32.2. The molecule has 0 amide bonds. The van der Waals surface area contributed by atoms with Crippen LogP contribution >= 0.6 is 11.8 Å². The zero-order valence-corrected chi connectivity index (χ0v) is 12.1. The summed E-state index contributed by atoms with van der Waals surface area (Å²) in [5.41, 5.74) is 2.25. The van der Waals surface area contributed by atoms with E-state index in [9.17, 15) is 4.79 Å². The van der Waals surface area contributed by atoms with E-state index in [0.29, 0.717) is 0 Å². The Bertz CT molecular complexity index is 576. The summed E-state index contributed by atoms with van der Waals surface area (Å²) in [5.74, 6) is 0.489. The van der Waals surface area contributed by atoms with Crippen molar-refractivity contribution in [3.8, 4) is 0 Å². The molecule has 102 valence electrons. The first kappa shape index (κ1) is 14.4. The Labute approximate surface area is 123 Å². The van der Waals surface area contributed by atoms with Crippen LogP contribution in [0.1, 0.15) is 11.1 Å². The van der Waals surface area contributed by atoms with E-state index in [1.165, 1.54) is 12.7 Å². The molecule has 0 atom stereocenters. The lowest BCUT2D eigenvalue weighted by Gasteiger charge is -2.07. The minimum absolute atomic E-state index is 0.329. The second-order valence-corrected chi connectivity index (χ2v) is 5.19. The van der Waals surface area contributed by atoms with Crippen molar-refractivity contribution in [2.45, 2.75) is 5.75 Å². The summed E-state index contributed by atoms with van der Waals surface area (Å²) < 4.78 is 4.73. The zero-order chi connectivity index (χ0) is 14.2. The smallest absolute Gasteiger partial charge is 0.331 e. The summed E-state index contributed by atoms with van der Waals surface area (Å²) in [5, 5.41) is 0. The minimum atomic E-state index is -0.329. The average Bonchev–Trinajstić information content (AvgIpc) is 2.53. The second-order valence-electron chi connectivity index (χ2n) is 4.17. The maximum Gasteiger partial charge on any atom is 0.331 e. The molecule has 0 N–H and O–H groups in total. The largest absolute Gasteiger partial charge is 0.466 e. The SMILES string of the molecule is COC(=O)/C=C(/SCc1ccccc1)c1ccccc1. The molecule has 0 fully saturated rings. The highest BCUT2D eigenvalue weighted by Gasteiger charge is 2.06. The van der Waals surface area contributed by atoms with E-state index in [-0.39, 0.29) is 5.97 Å². The molecule has 0 unspecified atom stereocenters. The number of hydrogen-bond acceptors (Lipinski definition) is 3.